The standard InChI is InChI=1S/C12H10AsN4/c1-2-4-9(5-3-1)6-13-12-16-10-7-14-8-15-11(10)17-12/h1-5,7-8H,6H2,(H,14,15,16,17). The molecule has 0 fully saturated rings. The average molecular weight is 285 g/mol. The van der Waals surface area contributed by atoms with Gasteiger partial charge < -0.3 is 0 Å². The van der Waals surface area contributed by atoms with Gasteiger partial charge >= 0.3 is 105 Å². The SMILES string of the molecule is c1ccc(C[As]c2nc3ncncc3[nH]2)cc1. The van der Waals surface area contributed by atoms with Crippen LogP contribution in [0.15, 0.2) is 42.9 Å². The van der Waals surface area contributed by atoms with Gasteiger partial charge in [0.05, 0.1) is 0 Å². The molecule has 0 spiro atoms. The Morgan fingerprint density at radius 2 is 2.06 bits per heavy atom. The van der Waals surface area contributed by atoms with E-state index >= 15 is 0 Å². The molecule has 83 valence electrons. The Kier molecular flexibility index (Phi) is 2.88. The molecule has 0 unspecified atom stereocenters. The summed E-state index contributed by atoms with van der Waals surface area (Å²) < 4.78 is 1.06. The van der Waals surface area contributed by atoms with Crippen molar-refractivity contribution in [3.63, 3.8) is 0 Å². The van der Waals surface area contributed by atoms with E-state index in [0.717, 1.165) is 21.0 Å². The molecule has 2 aromatic heterocycles. The molecule has 1 aromatic carbocycles. The van der Waals surface area contributed by atoms with Crippen LogP contribution in [0, 0.1) is 0 Å². The predicted molar refractivity (Wildman–Crippen MR) is 67.2 cm³/mol. The molecular formula is C12H10AsN4. The first kappa shape index (κ1) is 10.5. The first-order valence-electron chi connectivity index (χ1n) is 5.29. The van der Waals surface area contributed by atoms with E-state index in [1.165, 1.54) is 11.9 Å². The predicted octanol–water partition coefficient (Wildman–Crippen LogP) is 0.883. The van der Waals surface area contributed by atoms with Gasteiger partial charge in [-0.1, -0.05) is 0 Å². The summed E-state index contributed by atoms with van der Waals surface area (Å²) in [5, 5.41) is 1.07. The van der Waals surface area contributed by atoms with Crippen LogP contribution < -0.4 is 4.61 Å². The van der Waals surface area contributed by atoms with Crippen LogP contribution in [0.25, 0.3) is 11.2 Å². The summed E-state index contributed by atoms with van der Waals surface area (Å²) in [5.74, 6) is 0. The molecule has 3 aromatic rings. The Balaban J connectivity index is 1.77. The van der Waals surface area contributed by atoms with Crippen molar-refractivity contribution in [2.75, 3.05) is 0 Å². The number of nitrogens with one attached hydrogen (secondary N) is 1. The van der Waals surface area contributed by atoms with E-state index < -0.39 is 0 Å². The number of hydrogen-bond acceptors (Lipinski definition) is 3. The van der Waals surface area contributed by atoms with Crippen LogP contribution in [-0.4, -0.2) is 35.7 Å². The molecule has 17 heavy (non-hydrogen) atoms. The van der Waals surface area contributed by atoms with Gasteiger partial charge in [-0.05, 0) is 0 Å². The number of hydrogen-bond donors (Lipinski definition) is 1. The second kappa shape index (κ2) is 4.68. The maximum atomic E-state index is 4.46. The van der Waals surface area contributed by atoms with Crippen molar-refractivity contribution in [3.8, 4) is 0 Å². The molecule has 0 aliphatic carbocycles. The molecule has 0 saturated carbocycles. The number of nitrogens with zero attached hydrogens (tertiary/aromatic N) is 3. The fourth-order valence-electron chi connectivity index (χ4n) is 1.57. The topological polar surface area (TPSA) is 54.5 Å². The molecule has 0 saturated heterocycles. The first-order valence-corrected chi connectivity index (χ1v) is 7.55. The van der Waals surface area contributed by atoms with E-state index in [1.807, 2.05) is 6.07 Å². The molecule has 0 aliphatic heterocycles. The van der Waals surface area contributed by atoms with Gasteiger partial charge in [0.25, 0.3) is 0 Å². The third kappa shape index (κ3) is 2.37. The molecule has 1 radical (unpaired) electrons. The summed E-state index contributed by atoms with van der Waals surface area (Å²) in [6, 6.07) is 10.5. The van der Waals surface area contributed by atoms with Gasteiger partial charge in [-0.3, -0.25) is 0 Å². The fraction of sp³-hybridized carbons (Fsp3) is 0.0833. The van der Waals surface area contributed by atoms with Crippen LogP contribution in [0.5, 0.6) is 0 Å². The van der Waals surface area contributed by atoms with Crippen molar-refractivity contribution in [2.24, 2.45) is 0 Å². The number of rotatable bonds is 3. The number of aromatic nitrogens is 4. The Labute approximate surface area is 105 Å². The summed E-state index contributed by atoms with van der Waals surface area (Å²) in [4.78, 5) is 15.8. The molecular weight excluding hydrogens is 275 g/mol. The number of fused-ring (bicyclic) bond motifs is 1. The van der Waals surface area contributed by atoms with E-state index in [9.17, 15) is 0 Å². The van der Waals surface area contributed by atoms with Crippen LogP contribution >= 0.6 is 0 Å². The van der Waals surface area contributed by atoms with Gasteiger partial charge in [0.1, 0.15) is 0 Å². The Bertz CT molecular complexity index is 587. The molecule has 2 heterocycles. The van der Waals surface area contributed by atoms with Crippen LogP contribution in [0.1, 0.15) is 5.56 Å². The molecule has 1 N–H and O–H groups in total. The second-order valence-electron chi connectivity index (χ2n) is 3.62. The zero-order chi connectivity index (χ0) is 11.5. The molecule has 0 bridgehead atoms. The van der Waals surface area contributed by atoms with Gasteiger partial charge in [-0.2, -0.15) is 0 Å². The van der Waals surface area contributed by atoms with E-state index in [2.05, 4.69) is 44.2 Å². The van der Waals surface area contributed by atoms with Crippen LogP contribution in [-0.2, 0) is 5.21 Å². The Morgan fingerprint density at radius 1 is 1.18 bits per heavy atom. The van der Waals surface area contributed by atoms with E-state index in [4.69, 9.17) is 0 Å². The minimum atomic E-state index is 0.0168. The molecule has 4 nitrogen and oxygen atoms in total. The van der Waals surface area contributed by atoms with Gasteiger partial charge in [-0.15, -0.1) is 0 Å². The summed E-state index contributed by atoms with van der Waals surface area (Å²) >= 11 is 0.0168. The van der Waals surface area contributed by atoms with Crippen molar-refractivity contribution >= 4 is 31.5 Å². The van der Waals surface area contributed by atoms with Gasteiger partial charge in [-0.25, -0.2) is 0 Å². The zero-order valence-corrected chi connectivity index (χ0v) is 10.9. The monoisotopic (exact) mass is 285 g/mol. The van der Waals surface area contributed by atoms with E-state index in [1.54, 1.807) is 6.20 Å². The molecule has 5 heteroatoms. The van der Waals surface area contributed by atoms with Crippen LogP contribution in [0.3, 0.4) is 0 Å². The summed E-state index contributed by atoms with van der Waals surface area (Å²) in [6.45, 7) is 0. The third-order valence-corrected chi connectivity index (χ3v) is 4.57. The first-order chi connectivity index (χ1) is 8.42. The fourth-order valence-corrected chi connectivity index (χ4v) is 3.48. The minimum absolute atomic E-state index is 0.0168. The Morgan fingerprint density at radius 3 is 2.88 bits per heavy atom. The summed E-state index contributed by atoms with van der Waals surface area (Å²) in [6.07, 6.45) is 3.29. The molecule has 0 amide bonds. The van der Waals surface area contributed by atoms with E-state index in [-0.39, 0.29) is 15.8 Å². The molecule has 0 atom stereocenters. The van der Waals surface area contributed by atoms with Gasteiger partial charge in [0, 0.05) is 0 Å². The second-order valence-corrected chi connectivity index (χ2v) is 5.84. The number of benzene rings is 1. The maximum absolute atomic E-state index is 4.46. The normalized spacial score (nSPS) is 11.5. The Hall–Kier alpha value is -1.67. The number of H-pyrrole nitrogens is 1. The van der Waals surface area contributed by atoms with Gasteiger partial charge in [0.2, 0.25) is 0 Å². The van der Waals surface area contributed by atoms with Crippen molar-refractivity contribution in [1.82, 2.24) is 19.9 Å². The molecule has 3 rings (SSSR count). The molecule has 0 aliphatic rings. The van der Waals surface area contributed by atoms with Gasteiger partial charge in [0.15, 0.2) is 0 Å². The quantitative estimate of drug-likeness (QED) is 0.727. The number of imidazole rings is 1. The van der Waals surface area contributed by atoms with Crippen molar-refractivity contribution in [3.05, 3.63) is 48.4 Å². The van der Waals surface area contributed by atoms with Crippen LogP contribution in [0.2, 0.25) is 0 Å². The van der Waals surface area contributed by atoms with Crippen molar-refractivity contribution in [1.29, 1.82) is 0 Å². The average Bonchev–Trinajstić information content (AvgIpc) is 2.80. The van der Waals surface area contributed by atoms with Crippen molar-refractivity contribution in [2.45, 2.75) is 5.21 Å². The zero-order valence-electron chi connectivity index (χ0n) is 9.04. The van der Waals surface area contributed by atoms with Crippen LogP contribution in [0.4, 0.5) is 0 Å². The van der Waals surface area contributed by atoms with Crippen molar-refractivity contribution < 1.29 is 0 Å². The number of aromatic amines is 1. The summed E-state index contributed by atoms with van der Waals surface area (Å²) in [5.41, 5.74) is 3.04. The third-order valence-electron chi connectivity index (χ3n) is 2.40. The summed E-state index contributed by atoms with van der Waals surface area (Å²) in [7, 11) is 0. The van der Waals surface area contributed by atoms with E-state index in [0.29, 0.717) is 0 Å².